The summed E-state index contributed by atoms with van der Waals surface area (Å²) < 4.78 is 26.7. The van der Waals surface area contributed by atoms with Crippen molar-refractivity contribution in [2.75, 3.05) is 12.8 Å². The minimum Gasteiger partial charge on any atom is -0.396 e. The van der Waals surface area contributed by atoms with E-state index in [9.17, 15) is 13.6 Å². The van der Waals surface area contributed by atoms with Gasteiger partial charge in [-0.15, -0.1) is 0 Å². The molecule has 0 aromatic heterocycles. The van der Waals surface area contributed by atoms with Crippen molar-refractivity contribution >= 4 is 11.6 Å². The van der Waals surface area contributed by atoms with Gasteiger partial charge in [0.15, 0.2) is 5.82 Å². The van der Waals surface area contributed by atoms with Gasteiger partial charge < -0.3 is 10.6 Å². The first kappa shape index (κ1) is 13.4. The predicted molar refractivity (Wildman–Crippen MR) is 62.6 cm³/mol. The Morgan fingerprint density at radius 3 is 2.59 bits per heavy atom. The van der Waals surface area contributed by atoms with Crippen LogP contribution in [0, 0.1) is 11.6 Å². The molecule has 0 radical (unpaired) electrons. The number of nitrogens with zero attached hydrogens (tertiary/aromatic N) is 1. The van der Waals surface area contributed by atoms with Gasteiger partial charge >= 0.3 is 0 Å². The number of nitrogens with two attached hydrogens (primary N) is 1. The first-order valence-corrected chi connectivity index (χ1v) is 5.40. The van der Waals surface area contributed by atoms with Crippen molar-refractivity contribution in [2.45, 2.75) is 26.3 Å². The SMILES string of the molecule is CCC(C)N(C)C(=O)c1cc(F)cc(N)c1F. The maximum Gasteiger partial charge on any atom is 0.256 e. The standard InChI is InChI=1S/C12H16F2N2O/c1-4-7(2)16(3)12(17)9-5-8(13)6-10(15)11(9)14/h5-7H,4,15H2,1-3H3. The lowest BCUT2D eigenvalue weighted by Gasteiger charge is -2.24. The van der Waals surface area contributed by atoms with Crippen LogP contribution >= 0.6 is 0 Å². The Bertz CT molecular complexity index is 435. The molecular formula is C12H16F2N2O. The molecule has 1 aromatic rings. The van der Waals surface area contributed by atoms with E-state index in [1.165, 1.54) is 4.90 Å². The smallest absolute Gasteiger partial charge is 0.256 e. The molecule has 0 bridgehead atoms. The molecule has 0 aliphatic carbocycles. The predicted octanol–water partition coefficient (Wildman–Crippen LogP) is 2.42. The molecule has 0 fully saturated rings. The number of rotatable bonds is 3. The molecule has 2 N–H and O–H groups in total. The van der Waals surface area contributed by atoms with E-state index in [4.69, 9.17) is 5.73 Å². The van der Waals surface area contributed by atoms with E-state index in [0.717, 1.165) is 18.6 Å². The summed E-state index contributed by atoms with van der Waals surface area (Å²) in [5, 5.41) is 0. The second kappa shape index (κ2) is 5.12. The molecule has 0 spiro atoms. The molecule has 1 atom stereocenters. The molecule has 1 aromatic carbocycles. The number of hydrogen-bond donors (Lipinski definition) is 1. The molecule has 3 nitrogen and oxygen atoms in total. The molecule has 1 rings (SSSR count). The minimum atomic E-state index is -0.869. The van der Waals surface area contributed by atoms with Gasteiger partial charge in [-0.2, -0.15) is 0 Å². The van der Waals surface area contributed by atoms with E-state index in [1.54, 1.807) is 7.05 Å². The van der Waals surface area contributed by atoms with E-state index in [2.05, 4.69) is 0 Å². The van der Waals surface area contributed by atoms with Gasteiger partial charge in [-0.3, -0.25) is 4.79 Å². The Morgan fingerprint density at radius 1 is 1.47 bits per heavy atom. The number of carbonyl (C=O) groups is 1. The van der Waals surface area contributed by atoms with Crippen LogP contribution < -0.4 is 5.73 Å². The van der Waals surface area contributed by atoms with Crippen molar-refractivity contribution in [1.29, 1.82) is 0 Å². The van der Waals surface area contributed by atoms with Crippen molar-refractivity contribution in [1.82, 2.24) is 4.90 Å². The topological polar surface area (TPSA) is 46.3 Å². The molecule has 0 aliphatic heterocycles. The number of carbonyl (C=O) groups excluding carboxylic acids is 1. The molecule has 0 heterocycles. The van der Waals surface area contributed by atoms with Gasteiger partial charge in [0.05, 0.1) is 11.3 Å². The summed E-state index contributed by atoms with van der Waals surface area (Å²) in [5.74, 6) is -2.15. The van der Waals surface area contributed by atoms with Crippen LogP contribution in [-0.4, -0.2) is 23.9 Å². The van der Waals surface area contributed by atoms with Crippen LogP contribution in [0.25, 0.3) is 0 Å². The number of halogens is 2. The lowest BCUT2D eigenvalue weighted by atomic mass is 10.1. The second-order valence-corrected chi connectivity index (χ2v) is 4.03. The first-order valence-electron chi connectivity index (χ1n) is 5.40. The zero-order valence-corrected chi connectivity index (χ0v) is 10.1. The number of anilines is 1. The van der Waals surface area contributed by atoms with Crippen molar-refractivity contribution in [3.05, 3.63) is 29.3 Å². The minimum absolute atomic E-state index is 0.0496. The van der Waals surface area contributed by atoms with Crippen molar-refractivity contribution in [3.8, 4) is 0 Å². The van der Waals surface area contributed by atoms with Gasteiger partial charge in [0.2, 0.25) is 0 Å². The molecular weight excluding hydrogens is 226 g/mol. The Balaban J connectivity index is 3.12. The van der Waals surface area contributed by atoms with E-state index in [0.29, 0.717) is 0 Å². The highest BCUT2D eigenvalue weighted by Crippen LogP contribution is 2.19. The maximum atomic E-state index is 13.6. The zero-order valence-electron chi connectivity index (χ0n) is 10.1. The van der Waals surface area contributed by atoms with Crippen molar-refractivity contribution in [2.24, 2.45) is 0 Å². The fraction of sp³-hybridized carbons (Fsp3) is 0.417. The Kier molecular flexibility index (Phi) is 4.04. The van der Waals surface area contributed by atoms with Gasteiger partial charge in [0.25, 0.3) is 5.91 Å². The van der Waals surface area contributed by atoms with Gasteiger partial charge in [-0.1, -0.05) is 6.92 Å². The Hall–Kier alpha value is -1.65. The van der Waals surface area contributed by atoms with Crippen molar-refractivity contribution < 1.29 is 13.6 Å². The van der Waals surface area contributed by atoms with Crippen LogP contribution in [0.2, 0.25) is 0 Å². The van der Waals surface area contributed by atoms with Gasteiger partial charge in [0.1, 0.15) is 5.82 Å². The molecule has 5 heteroatoms. The number of benzene rings is 1. The van der Waals surface area contributed by atoms with Crippen LogP contribution in [0.5, 0.6) is 0 Å². The molecule has 0 aliphatic rings. The lowest BCUT2D eigenvalue weighted by molar-refractivity contribution is 0.0735. The molecule has 94 valence electrons. The number of hydrogen-bond acceptors (Lipinski definition) is 2. The number of amides is 1. The average molecular weight is 242 g/mol. The first-order chi connectivity index (χ1) is 7.88. The highest BCUT2D eigenvalue weighted by molar-refractivity contribution is 5.95. The van der Waals surface area contributed by atoms with E-state index < -0.39 is 17.5 Å². The fourth-order valence-corrected chi connectivity index (χ4v) is 1.43. The van der Waals surface area contributed by atoms with Crippen LogP contribution in [0.15, 0.2) is 12.1 Å². The quantitative estimate of drug-likeness (QED) is 0.827. The number of nitrogen functional groups attached to an aromatic ring is 1. The van der Waals surface area contributed by atoms with E-state index >= 15 is 0 Å². The highest BCUT2D eigenvalue weighted by atomic mass is 19.1. The van der Waals surface area contributed by atoms with Gasteiger partial charge in [-0.05, 0) is 25.5 Å². The average Bonchev–Trinajstić information content (AvgIpc) is 2.30. The monoisotopic (exact) mass is 242 g/mol. The summed E-state index contributed by atoms with van der Waals surface area (Å²) >= 11 is 0. The van der Waals surface area contributed by atoms with Crippen LogP contribution in [-0.2, 0) is 0 Å². The largest absolute Gasteiger partial charge is 0.396 e. The Labute approximate surface area is 99.2 Å². The summed E-state index contributed by atoms with van der Waals surface area (Å²) in [4.78, 5) is 13.3. The molecule has 1 amide bonds. The summed E-state index contributed by atoms with van der Waals surface area (Å²) in [6, 6.07) is 1.67. The summed E-state index contributed by atoms with van der Waals surface area (Å²) in [6.07, 6.45) is 0.731. The molecule has 17 heavy (non-hydrogen) atoms. The van der Waals surface area contributed by atoms with E-state index in [1.807, 2.05) is 13.8 Å². The van der Waals surface area contributed by atoms with Crippen LogP contribution in [0.1, 0.15) is 30.6 Å². The zero-order chi connectivity index (χ0) is 13.2. The summed E-state index contributed by atoms with van der Waals surface area (Å²) in [5.41, 5.74) is 4.60. The fourth-order valence-electron chi connectivity index (χ4n) is 1.43. The lowest BCUT2D eigenvalue weighted by Crippen LogP contribution is -2.35. The van der Waals surface area contributed by atoms with Crippen LogP contribution in [0.3, 0.4) is 0 Å². The molecule has 0 saturated heterocycles. The highest BCUT2D eigenvalue weighted by Gasteiger charge is 2.21. The maximum absolute atomic E-state index is 13.6. The third-order valence-corrected chi connectivity index (χ3v) is 2.87. The molecule has 1 unspecified atom stereocenters. The normalized spacial score (nSPS) is 12.3. The summed E-state index contributed by atoms with van der Waals surface area (Å²) in [7, 11) is 1.55. The van der Waals surface area contributed by atoms with Gasteiger partial charge in [0, 0.05) is 13.1 Å². The third kappa shape index (κ3) is 2.72. The van der Waals surface area contributed by atoms with E-state index in [-0.39, 0.29) is 17.3 Å². The third-order valence-electron chi connectivity index (χ3n) is 2.87. The molecule has 0 saturated carbocycles. The van der Waals surface area contributed by atoms with Crippen molar-refractivity contribution in [3.63, 3.8) is 0 Å². The van der Waals surface area contributed by atoms with Crippen LogP contribution in [0.4, 0.5) is 14.5 Å². The van der Waals surface area contributed by atoms with Gasteiger partial charge in [-0.25, -0.2) is 8.78 Å². The second-order valence-electron chi connectivity index (χ2n) is 4.03. The Morgan fingerprint density at radius 2 is 2.06 bits per heavy atom. The summed E-state index contributed by atoms with van der Waals surface area (Å²) in [6.45, 7) is 3.74.